The fourth-order valence-corrected chi connectivity index (χ4v) is 3.35. The van der Waals surface area contributed by atoms with E-state index in [1.807, 2.05) is 12.1 Å². The molecule has 3 rings (SSSR count). The summed E-state index contributed by atoms with van der Waals surface area (Å²) in [6, 6.07) is 7.36. The van der Waals surface area contributed by atoms with E-state index in [2.05, 4.69) is 5.32 Å². The van der Waals surface area contributed by atoms with Crippen LogP contribution in [0.2, 0.25) is 0 Å². The molecule has 1 aromatic rings. The van der Waals surface area contributed by atoms with Crippen LogP contribution in [-0.4, -0.2) is 30.9 Å². The molecule has 2 aliphatic rings. The maximum Gasteiger partial charge on any atom is 0.251 e. The molecule has 1 aromatic carbocycles. The number of nitrogens with one attached hydrogen (secondary N) is 1. The van der Waals surface area contributed by atoms with Crippen LogP contribution in [0.1, 0.15) is 54.4 Å². The molecular weight excluding hydrogens is 292 g/mol. The fourth-order valence-electron chi connectivity index (χ4n) is 3.35. The summed E-state index contributed by atoms with van der Waals surface area (Å²) in [5.41, 5.74) is 7.23. The summed E-state index contributed by atoms with van der Waals surface area (Å²) in [7, 11) is 0. The van der Waals surface area contributed by atoms with Crippen molar-refractivity contribution in [2.45, 2.75) is 57.0 Å². The number of amides is 1. The van der Waals surface area contributed by atoms with Gasteiger partial charge in [0.25, 0.3) is 5.91 Å². The van der Waals surface area contributed by atoms with Gasteiger partial charge in [0.1, 0.15) is 6.10 Å². The molecule has 1 heterocycles. The second-order valence-electron chi connectivity index (χ2n) is 6.49. The maximum absolute atomic E-state index is 12.2. The average molecular weight is 318 g/mol. The van der Waals surface area contributed by atoms with Gasteiger partial charge in [0, 0.05) is 31.5 Å². The van der Waals surface area contributed by atoms with Gasteiger partial charge in [0.05, 0.1) is 6.61 Å². The first kappa shape index (κ1) is 16.4. The van der Waals surface area contributed by atoms with E-state index in [0.29, 0.717) is 25.3 Å². The zero-order valence-corrected chi connectivity index (χ0v) is 13.6. The van der Waals surface area contributed by atoms with Gasteiger partial charge in [-0.15, -0.1) is 0 Å². The van der Waals surface area contributed by atoms with E-state index in [0.717, 1.165) is 31.2 Å². The molecule has 0 radical (unpaired) electrons. The van der Waals surface area contributed by atoms with Crippen LogP contribution in [0, 0.1) is 0 Å². The molecule has 3 N–H and O–H groups in total. The quantitative estimate of drug-likeness (QED) is 0.893. The summed E-state index contributed by atoms with van der Waals surface area (Å²) in [5, 5.41) is 2.94. The predicted octanol–water partition coefficient (Wildman–Crippen LogP) is 2.34. The van der Waals surface area contributed by atoms with Crippen LogP contribution in [0.5, 0.6) is 0 Å². The highest BCUT2D eigenvalue weighted by atomic mass is 16.7. The SMILES string of the molecule is NCc1ccc(C(=O)NCC2COC3(CCCCCC3)O2)cc1. The summed E-state index contributed by atoms with van der Waals surface area (Å²) in [5.74, 6) is -0.478. The van der Waals surface area contributed by atoms with E-state index in [-0.39, 0.29) is 12.0 Å². The first-order valence-electron chi connectivity index (χ1n) is 8.60. The average Bonchev–Trinajstić information content (AvgIpc) is 2.84. The third-order valence-electron chi connectivity index (χ3n) is 4.72. The number of ether oxygens (including phenoxy) is 2. The Hall–Kier alpha value is -1.43. The second kappa shape index (κ2) is 7.43. The third-order valence-corrected chi connectivity index (χ3v) is 4.72. The Morgan fingerprint density at radius 2 is 1.87 bits per heavy atom. The highest BCUT2D eigenvalue weighted by molar-refractivity contribution is 5.94. The Labute approximate surface area is 137 Å². The minimum atomic E-state index is -0.394. The van der Waals surface area contributed by atoms with Gasteiger partial charge >= 0.3 is 0 Å². The highest BCUT2D eigenvalue weighted by Crippen LogP contribution is 2.36. The Bertz CT molecular complexity index is 522. The van der Waals surface area contributed by atoms with Crippen molar-refractivity contribution in [3.05, 3.63) is 35.4 Å². The number of hydrogen-bond donors (Lipinski definition) is 2. The van der Waals surface area contributed by atoms with Crippen LogP contribution in [-0.2, 0) is 16.0 Å². The lowest BCUT2D eigenvalue weighted by Gasteiger charge is -2.26. The Balaban J connectivity index is 1.49. The molecule has 1 atom stereocenters. The molecule has 5 nitrogen and oxygen atoms in total. The second-order valence-corrected chi connectivity index (χ2v) is 6.49. The zero-order chi connectivity index (χ0) is 16.1. The lowest BCUT2D eigenvalue weighted by Crippen LogP contribution is -2.36. The number of carbonyl (C=O) groups excluding carboxylic acids is 1. The molecule has 1 aliphatic heterocycles. The van der Waals surface area contributed by atoms with E-state index in [1.54, 1.807) is 12.1 Å². The van der Waals surface area contributed by atoms with Crippen molar-refractivity contribution in [2.75, 3.05) is 13.2 Å². The molecule has 0 aromatic heterocycles. The molecular formula is C18H26N2O3. The van der Waals surface area contributed by atoms with Crippen molar-refractivity contribution < 1.29 is 14.3 Å². The molecule has 126 valence electrons. The minimum Gasteiger partial charge on any atom is -0.349 e. The standard InChI is InChI=1S/C18H26N2O3/c19-11-14-5-7-15(8-6-14)17(21)20-12-16-13-22-18(23-16)9-3-1-2-4-10-18/h5-8,16H,1-4,9-13,19H2,(H,20,21). The summed E-state index contributed by atoms with van der Waals surface area (Å²) in [4.78, 5) is 12.2. The normalized spacial score (nSPS) is 23.6. The highest BCUT2D eigenvalue weighted by Gasteiger charge is 2.41. The summed E-state index contributed by atoms with van der Waals surface area (Å²) in [6.45, 7) is 1.53. The molecule has 1 saturated heterocycles. The van der Waals surface area contributed by atoms with Gasteiger partial charge in [0.15, 0.2) is 5.79 Å². The van der Waals surface area contributed by atoms with Crippen LogP contribution in [0.4, 0.5) is 0 Å². The van der Waals surface area contributed by atoms with E-state index >= 15 is 0 Å². The van der Waals surface area contributed by atoms with E-state index in [1.165, 1.54) is 12.8 Å². The molecule has 1 unspecified atom stereocenters. The van der Waals surface area contributed by atoms with Crippen LogP contribution in [0.25, 0.3) is 0 Å². The molecule has 1 amide bonds. The molecule has 2 fully saturated rings. The van der Waals surface area contributed by atoms with Gasteiger partial charge in [-0.3, -0.25) is 4.79 Å². The van der Waals surface area contributed by atoms with E-state index in [9.17, 15) is 4.79 Å². The number of benzene rings is 1. The lowest BCUT2D eigenvalue weighted by molar-refractivity contribution is -0.175. The predicted molar refractivity (Wildman–Crippen MR) is 87.9 cm³/mol. The monoisotopic (exact) mass is 318 g/mol. The summed E-state index contributed by atoms with van der Waals surface area (Å²) >= 11 is 0. The van der Waals surface area contributed by atoms with E-state index < -0.39 is 5.79 Å². The molecule has 1 spiro atoms. The van der Waals surface area contributed by atoms with Crippen molar-refractivity contribution >= 4 is 5.91 Å². The van der Waals surface area contributed by atoms with Crippen LogP contribution >= 0.6 is 0 Å². The Morgan fingerprint density at radius 3 is 2.52 bits per heavy atom. The van der Waals surface area contributed by atoms with Gasteiger partial charge < -0.3 is 20.5 Å². The summed E-state index contributed by atoms with van der Waals surface area (Å²) in [6.07, 6.45) is 6.72. The first-order chi connectivity index (χ1) is 11.2. The van der Waals surface area contributed by atoms with Gasteiger partial charge in [-0.25, -0.2) is 0 Å². The molecule has 1 aliphatic carbocycles. The number of carbonyl (C=O) groups is 1. The zero-order valence-electron chi connectivity index (χ0n) is 13.6. The Morgan fingerprint density at radius 1 is 1.17 bits per heavy atom. The first-order valence-corrected chi connectivity index (χ1v) is 8.60. The third kappa shape index (κ3) is 4.10. The largest absolute Gasteiger partial charge is 0.349 e. The topological polar surface area (TPSA) is 73.6 Å². The Kier molecular flexibility index (Phi) is 5.30. The molecule has 0 bridgehead atoms. The van der Waals surface area contributed by atoms with Gasteiger partial charge in [-0.05, 0) is 30.5 Å². The smallest absolute Gasteiger partial charge is 0.251 e. The van der Waals surface area contributed by atoms with E-state index in [4.69, 9.17) is 15.2 Å². The van der Waals surface area contributed by atoms with Crippen molar-refractivity contribution in [2.24, 2.45) is 5.73 Å². The van der Waals surface area contributed by atoms with Crippen molar-refractivity contribution in [3.8, 4) is 0 Å². The fraction of sp³-hybridized carbons (Fsp3) is 0.611. The lowest BCUT2D eigenvalue weighted by atomic mass is 10.1. The maximum atomic E-state index is 12.2. The minimum absolute atomic E-state index is 0.0552. The molecule has 5 heteroatoms. The van der Waals surface area contributed by atoms with Crippen molar-refractivity contribution in [1.82, 2.24) is 5.32 Å². The van der Waals surface area contributed by atoms with Gasteiger partial charge in [-0.1, -0.05) is 25.0 Å². The number of nitrogens with two attached hydrogens (primary N) is 1. The molecule has 1 saturated carbocycles. The van der Waals surface area contributed by atoms with Gasteiger partial charge in [0.2, 0.25) is 0 Å². The van der Waals surface area contributed by atoms with Gasteiger partial charge in [-0.2, -0.15) is 0 Å². The summed E-state index contributed by atoms with van der Waals surface area (Å²) < 4.78 is 12.1. The number of rotatable bonds is 4. The number of hydrogen-bond acceptors (Lipinski definition) is 4. The molecule has 23 heavy (non-hydrogen) atoms. The van der Waals surface area contributed by atoms with Crippen LogP contribution in [0.3, 0.4) is 0 Å². The van der Waals surface area contributed by atoms with Crippen molar-refractivity contribution in [1.29, 1.82) is 0 Å². The van der Waals surface area contributed by atoms with Crippen LogP contribution in [0.15, 0.2) is 24.3 Å². The van der Waals surface area contributed by atoms with Crippen molar-refractivity contribution in [3.63, 3.8) is 0 Å². The van der Waals surface area contributed by atoms with Crippen LogP contribution < -0.4 is 11.1 Å².